The number of aryl methyl sites for hydroxylation is 4. The number of hydrogen-bond acceptors (Lipinski definition) is 10. The van der Waals surface area contributed by atoms with E-state index >= 15 is 0 Å². The van der Waals surface area contributed by atoms with E-state index in [1.54, 1.807) is 58.7 Å². The summed E-state index contributed by atoms with van der Waals surface area (Å²) in [7, 11) is 0. The molecule has 4 aromatic rings. The van der Waals surface area contributed by atoms with E-state index in [2.05, 4.69) is 90.0 Å². The van der Waals surface area contributed by atoms with Crippen LogP contribution in [0.3, 0.4) is 0 Å². The van der Waals surface area contributed by atoms with Crippen LogP contribution in [0.4, 0.5) is 11.8 Å². The van der Waals surface area contributed by atoms with Crippen molar-refractivity contribution in [1.82, 2.24) is 38.6 Å². The Labute approximate surface area is 356 Å². The Balaban J connectivity index is -0.000000144. The average Bonchev–Trinajstić information content (AvgIpc) is 3.62. The summed E-state index contributed by atoms with van der Waals surface area (Å²) in [5.74, 6) is 2.24. The molecule has 4 heterocycles. The molecule has 0 spiro atoms. The first-order chi connectivity index (χ1) is 18.1. The summed E-state index contributed by atoms with van der Waals surface area (Å²) < 4.78 is 5.85. The van der Waals surface area contributed by atoms with E-state index in [4.69, 9.17) is 11.5 Å². The van der Waals surface area contributed by atoms with Gasteiger partial charge in [0.2, 0.25) is 0 Å². The molecule has 4 aromatic heterocycles. The predicted molar refractivity (Wildman–Crippen MR) is 153 cm³/mol. The summed E-state index contributed by atoms with van der Waals surface area (Å²) in [6, 6.07) is 0. The molecule has 0 aliphatic rings. The smallest absolute Gasteiger partial charge is 0.0596 e. The second-order valence-corrected chi connectivity index (χ2v) is 6.77. The van der Waals surface area contributed by atoms with Crippen LogP contribution in [0.5, 0.6) is 0 Å². The molecule has 14 nitrogen and oxygen atoms in total. The van der Waals surface area contributed by atoms with Crippen LogP contribution in [0.15, 0.2) is 32.9 Å². The van der Waals surface area contributed by atoms with Crippen molar-refractivity contribution in [3.8, 4) is 0 Å². The van der Waals surface area contributed by atoms with Crippen LogP contribution in [-0.2, 0) is 131 Å². The number of nitrogens with zero attached hydrogens (tertiary/aromatic N) is 12. The molecule has 43 heavy (non-hydrogen) atoms. The zero-order valence-electron chi connectivity index (χ0n) is 25.0. The fourth-order valence-corrected chi connectivity index (χ4v) is 2.31. The van der Waals surface area contributed by atoms with E-state index < -0.39 is 0 Å². The first-order valence-corrected chi connectivity index (χ1v) is 11.0. The molecule has 4 N–H and O–H groups in total. The van der Waals surface area contributed by atoms with Gasteiger partial charge in [0, 0.05) is 137 Å². The Kier molecular flexibility index (Phi) is 36.6. The first kappa shape index (κ1) is 52.1. The predicted octanol–water partition coefficient (Wildman–Crippen LogP) is 2.68. The minimum absolute atomic E-state index is 0. The molecule has 0 aliphatic heterocycles. The van der Waals surface area contributed by atoms with E-state index in [-0.39, 0.29) is 138 Å². The van der Waals surface area contributed by atoms with Crippen molar-refractivity contribution in [3.05, 3.63) is 60.3 Å². The zero-order valence-corrected chi connectivity index (χ0v) is 36.3. The molecule has 224 valence electrons. The molecule has 0 atom stereocenters. The van der Waals surface area contributed by atoms with Crippen LogP contribution in [0.25, 0.3) is 0 Å². The van der Waals surface area contributed by atoms with Crippen LogP contribution in [0.1, 0.15) is 58.2 Å². The molecule has 18 heteroatoms. The minimum atomic E-state index is 0. The topological polar surface area (TPSA) is 173 Å². The van der Waals surface area contributed by atoms with E-state index in [0.717, 1.165) is 17.2 Å². The van der Waals surface area contributed by atoms with Gasteiger partial charge in [-0.2, -0.15) is 27.7 Å². The van der Waals surface area contributed by atoms with Gasteiger partial charge in [-0.25, -0.2) is 0 Å². The van der Waals surface area contributed by atoms with Gasteiger partial charge in [0.25, 0.3) is 0 Å². The maximum Gasteiger partial charge on any atom is 0.0596 e. The molecule has 0 fully saturated rings. The van der Waals surface area contributed by atoms with Gasteiger partial charge in [0.1, 0.15) is 0 Å². The van der Waals surface area contributed by atoms with Gasteiger partial charge in [0.05, 0.1) is 5.95 Å². The summed E-state index contributed by atoms with van der Waals surface area (Å²) in [5.41, 5.74) is 12.3. The molecule has 4 radical (unpaired) electrons. The van der Waals surface area contributed by atoms with E-state index in [1.807, 2.05) is 13.8 Å². The fraction of sp³-hybridized carbons (Fsp3) is 0.360. The van der Waals surface area contributed by atoms with Gasteiger partial charge in [-0.05, 0) is 31.8 Å². The first-order valence-electron chi connectivity index (χ1n) is 11.0. The Morgan fingerprint density at radius 3 is 1.56 bits per heavy atom. The third-order valence-electron chi connectivity index (χ3n) is 3.76. The summed E-state index contributed by atoms with van der Waals surface area (Å²) >= 11 is 0. The summed E-state index contributed by atoms with van der Waals surface area (Å²) in [6.45, 7) is 14.2. The number of rotatable bonds is 4. The maximum absolute atomic E-state index is 5.41. The molecule has 0 saturated carbocycles. The molecular weight excluding hydrogens is 852 g/mol. The molecular formula is C25H34N14Y4-8. The van der Waals surface area contributed by atoms with Crippen molar-refractivity contribution in [3.63, 3.8) is 0 Å². The number of hydrogen-bond donors (Lipinski definition) is 2. The fourth-order valence-electron chi connectivity index (χ4n) is 2.31. The summed E-state index contributed by atoms with van der Waals surface area (Å²) in [5, 5.41) is 15.1. The van der Waals surface area contributed by atoms with Crippen molar-refractivity contribution in [2.75, 3.05) is 11.5 Å². The largest absolute Gasteiger partial charge is 0.445 e. The molecule has 0 unspecified atom stereocenters. The molecule has 0 amide bonds. The number of imidazole rings is 4. The van der Waals surface area contributed by atoms with Crippen molar-refractivity contribution in [2.24, 2.45) is 20.4 Å². The second kappa shape index (κ2) is 30.2. The number of anilines is 2. The van der Waals surface area contributed by atoms with Gasteiger partial charge in [0.15, 0.2) is 0 Å². The molecule has 0 aliphatic carbocycles. The van der Waals surface area contributed by atoms with Crippen molar-refractivity contribution < 1.29 is 131 Å². The quantitative estimate of drug-likeness (QED) is 0.236. The van der Waals surface area contributed by atoms with Crippen molar-refractivity contribution in [2.45, 2.75) is 62.8 Å². The SMILES string of the molecule is C.C[C-]=Nn1[c-]c(C)nc1.C[C-]=Nn1[c-]c(C)nc1N.C[C-]=Nn1[c-]c(N)nc1C.C[C-]=Nn1[c-]cnc1C.[Y].[Y].[Y].[Y]. The number of aromatic nitrogens is 8. The molecule has 4 rings (SSSR count). The van der Waals surface area contributed by atoms with E-state index in [0.29, 0.717) is 17.6 Å². The minimum Gasteiger partial charge on any atom is -0.445 e. The third-order valence-corrected chi connectivity index (χ3v) is 3.76. The van der Waals surface area contributed by atoms with Gasteiger partial charge in [-0.1, -0.05) is 38.9 Å². The summed E-state index contributed by atoms with van der Waals surface area (Å²) in [6.07, 6.45) is 24.7. The van der Waals surface area contributed by atoms with Gasteiger partial charge in [-0.3, -0.25) is 0 Å². The third kappa shape index (κ3) is 21.8. The average molecular weight is 886 g/mol. The Morgan fingerprint density at radius 1 is 0.651 bits per heavy atom. The second-order valence-electron chi connectivity index (χ2n) is 6.77. The summed E-state index contributed by atoms with van der Waals surface area (Å²) in [4.78, 5) is 15.6. The van der Waals surface area contributed by atoms with Gasteiger partial charge < -0.3 is 95.4 Å². The van der Waals surface area contributed by atoms with Crippen LogP contribution in [-0.4, -0.2) is 63.5 Å². The van der Waals surface area contributed by atoms with Crippen LogP contribution in [0.2, 0.25) is 0 Å². The van der Waals surface area contributed by atoms with E-state index in [1.165, 1.54) is 14.0 Å². The van der Waals surface area contributed by atoms with Crippen LogP contribution < -0.4 is 11.5 Å². The van der Waals surface area contributed by atoms with E-state index in [9.17, 15) is 0 Å². The van der Waals surface area contributed by atoms with Gasteiger partial charge >= 0.3 is 0 Å². The molecule has 0 aromatic carbocycles. The molecule has 0 saturated heterocycles. The standard InChI is InChI=1S/2C6H8N4.2C6H7N3.CH4.4Y/c1-3-8-10-4-6(7)9-5(10)2;1-3-8-10-4-5(2)9-6(10)7;1-3-8-9-4-6(2)7-5-9;1-3-8-9-5-4-7-6(9)2;;;;;/h7H2,1-2H3;1-2H3,(H2,7,9);5H,1-2H3;4H,1-2H3;1H4;;;;/q4*-2;;;;;. The Morgan fingerprint density at radius 2 is 1.19 bits per heavy atom. The van der Waals surface area contributed by atoms with Crippen LogP contribution in [0, 0.1) is 52.5 Å². The Hall–Kier alpha value is -0.464. The monoisotopic (exact) mass is 886 g/mol. The number of nitrogens with two attached hydrogens (primary N) is 2. The maximum atomic E-state index is 5.41. The Bertz CT molecular complexity index is 1300. The number of nitrogen functional groups attached to an aromatic ring is 2. The molecule has 0 bridgehead atoms. The van der Waals surface area contributed by atoms with Gasteiger partial charge in [-0.15, -0.1) is 24.8 Å². The normalized spacial score (nSPS) is 9.67. The van der Waals surface area contributed by atoms with Crippen molar-refractivity contribution >= 4 is 36.6 Å². The van der Waals surface area contributed by atoms with Crippen molar-refractivity contribution in [1.29, 1.82) is 0 Å². The zero-order chi connectivity index (χ0) is 28.5. The van der Waals surface area contributed by atoms with Crippen LogP contribution >= 0.6 is 0 Å².